The monoisotopic (exact) mass is 377 g/mol. The number of nitrogens with zero attached hydrogens (tertiary/aromatic N) is 2. The molecule has 148 valence electrons. The number of nitro groups is 1. The quantitative estimate of drug-likeness (QED) is 0.445. The number of anilines is 1. The minimum absolute atomic E-state index is 0.0625. The molecule has 0 bridgehead atoms. The topological polar surface area (TPSA) is 102 Å². The Bertz CT molecular complexity index is 697. The highest BCUT2D eigenvalue weighted by molar-refractivity contribution is 5.93. The molecular formula is C19H27N3O5. The number of amides is 1. The number of piperidine rings is 1. The van der Waals surface area contributed by atoms with Crippen molar-refractivity contribution >= 4 is 23.3 Å². The number of nitrogens with one attached hydrogen (secondary N) is 1. The standard InChI is InChI=1S/C19H27N3O5/c1-13(2)11-20-18(23)12-27-19(24)15-4-5-16(17(10-15)22(25)26)21-8-6-14(3)7-9-21/h4-5,10,13-14H,6-9,11-12H2,1-3H3,(H,20,23). The summed E-state index contributed by atoms with van der Waals surface area (Å²) in [7, 11) is 0. The number of nitro benzene ring substituents is 1. The van der Waals surface area contributed by atoms with E-state index >= 15 is 0 Å². The Morgan fingerprint density at radius 2 is 2.00 bits per heavy atom. The molecule has 1 aliphatic rings. The van der Waals surface area contributed by atoms with Crippen LogP contribution < -0.4 is 10.2 Å². The molecule has 1 fully saturated rings. The predicted octanol–water partition coefficient (Wildman–Crippen LogP) is 2.76. The minimum Gasteiger partial charge on any atom is -0.452 e. The van der Waals surface area contributed by atoms with E-state index in [9.17, 15) is 19.7 Å². The number of rotatable bonds is 7. The third-order valence-corrected chi connectivity index (χ3v) is 4.57. The highest BCUT2D eigenvalue weighted by Gasteiger charge is 2.25. The molecule has 8 nitrogen and oxygen atoms in total. The molecule has 0 aliphatic carbocycles. The molecule has 27 heavy (non-hydrogen) atoms. The smallest absolute Gasteiger partial charge is 0.338 e. The second-order valence-electron chi connectivity index (χ2n) is 7.40. The van der Waals surface area contributed by atoms with E-state index in [1.807, 2.05) is 18.7 Å². The van der Waals surface area contributed by atoms with Gasteiger partial charge in [-0.25, -0.2) is 4.79 Å². The molecule has 1 saturated heterocycles. The number of ether oxygens (including phenoxy) is 1. The van der Waals surface area contributed by atoms with Gasteiger partial charge in [-0.1, -0.05) is 20.8 Å². The molecular weight excluding hydrogens is 350 g/mol. The second kappa shape index (κ2) is 9.34. The van der Waals surface area contributed by atoms with Gasteiger partial charge in [-0.2, -0.15) is 0 Å². The van der Waals surface area contributed by atoms with Gasteiger partial charge in [0.2, 0.25) is 0 Å². The van der Waals surface area contributed by atoms with Gasteiger partial charge in [-0.15, -0.1) is 0 Å². The summed E-state index contributed by atoms with van der Waals surface area (Å²) in [6.45, 7) is 7.66. The molecule has 1 N–H and O–H groups in total. The molecule has 0 unspecified atom stereocenters. The summed E-state index contributed by atoms with van der Waals surface area (Å²) < 4.78 is 4.97. The Labute approximate surface area is 159 Å². The van der Waals surface area contributed by atoms with Gasteiger partial charge in [0.05, 0.1) is 10.5 Å². The molecule has 1 aliphatic heterocycles. The van der Waals surface area contributed by atoms with Crippen LogP contribution in [-0.2, 0) is 9.53 Å². The first-order valence-electron chi connectivity index (χ1n) is 9.25. The number of hydrogen-bond acceptors (Lipinski definition) is 6. The van der Waals surface area contributed by atoms with Crippen LogP contribution in [-0.4, -0.2) is 43.0 Å². The predicted molar refractivity (Wildman–Crippen MR) is 102 cm³/mol. The maximum Gasteiger partial charge on any atom is 0.338 e. The summed E-state index contributed by atoms with van der Waals surface area (Å²) >= 11 is 0. The second-order valence-corrected chi connectivity index (χ2v) is 7.40. The van der Waals surface area contributed by atoms with Crippen LogP contribution in [0.4, 0.5) is 11.4 Å². The fourth-order valence-electron chi connectivity index (χ4n) is 2.90. The molecule has 2 rings (SSSR count). The summed E-state index contributed by atoms with van der Waals surface area (Å²) in [6.07, 6.45) is 1.96. The Morgan fingerprint density at radius 1 is 1.33 bits per heavy atom. The molecule has 1 amide bonds. The molecule has 0 atom stereocenters. The lowest BCUT2D eigenvalue weighted by atomic mass is 9.98. The van der Waals surface area contributed by atoms with E-state index in [0.717, 1.165) is 25.9 Å². The highest BCUT2D eigenvalue weighted by Crippen LogP contribution is 2.32. The van der Waals surface area contributed by atoms with Crippen molar-refractivity contribution in [1.82, 2.24) is 5.32 Å². The van der Waals surface area contributed by atoms with Gasteiger partial charge in [0.15, 0.2) is 6.61 Å². The third-order valence-electron chi connectivity index (χ3n) is 4.57. The first-order valence-corrected chi connectivity index (χ1v) is 9.25. The fourth-order valence-corrected chi connectivity index (χ4v) is 2.90. The average molecular weight is 377 g/mol. The largest absolute Gasteiger partial charge is 0.452 e. The van der Waals surface area contributed by atoms with Crippen LogP contribution >= 0.6 is 0 Å². The lowest BCUT2D eigenvalue weighted by Crippen LogP contribution is -2.33. The van der Waals surface area contributed by atoms with Crippen molar-refractivity contribution < 1.29 is 19.2 Å². The number of carbonyl (C=O) groups is 2. The van der Waals surface area contributed by atoms with Gasteiger partial charge < -0.3 is 15.0 Å². The van der Waals surface area contributed by atoms with Gasteiger partial charge in [-0.3, -0.25) is 14.9 Å². The first kappa shape index (κ1) is 20.7. The van der Waals surface area contributed by atoms with E-state index in [4.69, 9.17) is 4.74 Å². The minimum atomic E-state index is -0.753. The Morgan fingerprint density at radius 3 is 2.59 bits per heavy atom. The van der Waals surface area contributed by atoms with Crippen molar-refractivity contribution in [3.63, 3.8) is 0 Å². The summed E-state index contributed by atoms with van der Waals surface area (Å²) in [4.78, 5) is 36.8. The van der Waals surface area contributed by atoms with E-state index in [1.54, 1.807) is 6.07 Å². The van der Waals surface area contributed by atoms with Gasteiger partial charge in [-0.05, 0) is 36.8 Å². The Hall–Kier alpha value is -2.64. The molecule has 8 heteroatoms. The molecule has 0 radical (unpaired) electrons. The zero-order chi connectivity index (χ0) is 20.0. The van der Waals surface area contributed by atoms with Gasteiger partial charge in [0, 0.05) is 25.7 Å². The molecule has 1 aromatic rings. The lowest BCUT2D eigenvalue weighted by Gasteiger charge is -2.31. The maximum absolute atomic E-state index is 12.2. The lowest BCUT2D eigenvalue weighted by molar-refractivity contribution is -0.384. The van der Waals surface area contributed by atoms with E-state index in [0.29, 0.717) is 18.2 Å². The van der Waals surface area contributed by atoms with Crippen molar-refractivity contribution in [3.05, 3.63) is 33.9 Å². The van der Waals surface area contributed by atoms with E-state index in [2.05, 4.69) is 12.2 Å². The molecule has 0 aromatic heterocycles. The van der Waals surface area contributed by atoms with Crippen LogP contribution in [0.5, 0.6) is 0 Å². The van der Waals surface area contributed by atoms with Crippen molar-refractivity contribution in [2.24, 2.45) is 11.8 Å². The van der Waals surface area contributed by atoms with Crippen molar-refractivity contribution in [2.45, 2.75) is 33.6 Å². The normalized spacial score (nSPS) is 14.9. The van der Waals surface area contributed by atoms with Crippen LogP contribution in [0.15, 0.2) is 18.2 Å². The van der Waals surface area contributed by atoms with Gasteiger partial charge >= 0.3 is 5.97 Å². The number of hydrogen-bond donors (Lipinski definition) is 1. The van der Waals surface area contributed by atoms with Crippen molar-refractivity contribution in [2.75, 3.05) is 31.1 Å². The van der Waals surface area contributed by atoms with Gasteiger partial charge in [0.1, 0.15) is 5.69 Å². The first-order chi connectivity index (χ1) is 12.8. The third kappa shape index (κ3) is 5.94. The zero-order valence-electron chi connectivity index (χ0n) is 16.1. The number of esters is 1. The van der Waals surface area contributed by atoms with Crippen LogP contribution in [0.3, 0.4) is 0 Å². The Balaban J connectivity index is 2.05. The molecule has 1 aromatic carbocycles. The zero-order valence-corrected chi connectivity index (χ0v) is 16.1. The maximum atomic E-state index is 12.2. The summed E-state index contributed by atoms with van der Waals surface area (Å²) in [5.74, 6) is -0.253. The summed E-state index contributed by atoms with van der Waals surface area (Å²) in [5.41, 5.74) is 0.453. The van der Waals surface area contributed by atoms with Crippen LogP contribution in [0.2, 0.25) is 0 Å². The fraction of sp³-hybridized carbons (Fsp3) is 0.579. The van der Waals surface area contributed by atoms with E-state index in [1.165, 1.54) is 12.1 Å². The van der Waals surface area contributed by atoms with Crippen LogP contribution in [0.25, 0.3) is 0 Å². The van der Waals surface area contributed by atoms with E-state index < -0.39 is 23.4 Å². The number of carbonyl (C=O) groups excluding carboxylic acids is 2. The Kier molecular flexibility index (Phi) is 7.15. The van der Waals surface area contributed by atoms with Crippen molar-refractivity contribution in [3.8, 4) is 0 Å². The van der Waals surface area contributed by atoms with Crippen LogP contribution in [0, 0.1) is 22.0 Å². The van der Waals surface area contributed by atoms with Crippen molar-refractivity contribution in [1.29, 1.82) is 0 Å². The summed E-state index contributed by atoms with van der Waals surface area (Å²) in [5, 5.41) is 14.1. The average Bonchev–Trinajstić information content (AvgIpc) is 2.64. The van der Waals surface area contributed by atoms with Crippen LogP contribution in [0.1, 0.15) is 44.0 Å². The SMILES string of the molecule is CC(C)CNC(=O)COC(=O)c1ccc(N2CCC(C)CC2)c([N+](=O)[O-])c1. The molecule has 0 saturated carbocycles. The van der Waals surface area contributed by atoms with Gasteiger partial charge in [0.25, 0.3) is 11.6 Å². The highest BCUT2D eigenvalue weighted by atomic mass is 16.6. The summed E-state index contributed by atoms with van der Waals surface area (Å²) in [6, 6.07) is 4.32. The molecule has 1 heterocycles. The van der Waals surface area contributed by atoms with E-state index in [-0.39, 0.29) is 17.2 Å². The molecule has 0 spiro atoms. The number of benzene rings is 1.